The van der Waals surface area contributed by atoms with Gasteiger partial charge < -0.3 is 0 Å². The Labute approximate surface area is 124 Å². The van der Waals surface area contributed by atoms with Crippen LogP contribution in [0, 0.1) is 13.8 Å². The van der Waals surface area contributed by atoms with Crippen molar-refractivity contribution >= 4 is 54.6 Å². The minimum atomic E-state index is -3.35. The fourth-order valence-corrected chi connectivity index (χ4v) is 8.35. The van der Waals surface area contributed by atoms with E-state index in [1.807, 2.05) is 26.0 Å². The Hall–Kier alpha value is -0.438. The molecule has 18 heavy (non-hydrogen) atoms. The molecule has 0 N–H and O–H groups in total. The molecule has 0 bridgehead atoms. The van der Waals surface area contributed by atoms with Crippen molar-refractivity contribution in [1.82, 2.24) is 0 Å². The Morgan fingerprint density at radius 1 is 1.06 bits per heavy atom. The predicted octanol–water partition coefficient (Wildman–Crippen LogP) is 1.89. The van der Waals surface area contributed by atoms with E-state index < -0.39 is 35.5 Å². The molecule has 0 atom stereocenters. The summed E-state index contributed by atoms with van der Waals surface area (Å²) in [4.78, 5) is 22.3. The van der Waals surface area contributed by atoms with Gasteiger partial charge in [-0.25, -0.2) is 0 Å². The summed E-state index contributed by atoms with van der Waals surface area (Å²) in [5, 5.41) is 0. The fraction of sp³-hybridized carbons (Fsp3) is 0.333. The quantitative estimate of drug-likeness (QED) is 0.585. The van der Waals surface area contributed by atoms with E-state index in [2.05, 4.69) is 15.9 Å². The molecule has 0 aromatic heterocycles. The maximum atomic E-state index is 11.1. The average molecular weight is 509 g/mol. The van der Waals surface area contributed by atoms with Crippen molar-refractivity contribution in [3.8, 4) is 0 Å². The monoisotopic (exact) mass is 509 g/mol. The van der Waals surface area contributed by atoms with E-state index in [9.17, 15) is 9.59 Å². The number of halogens is 1. The number of carbonyl (C=O) groups is 2. The standard InChI is InChI=1S/C8H8Br.2C2H4O2.Pb/c1-6-3-7(2)5-8(9)4-6;2*1-2(3)4;/h4-5H,1-2H3;2*1H3,(H,3,4);/q;;;+2/p-2. The van der Waals surface area contributed by atoms with Crippen molar-refractivity contribution in [2.24, 2.45) is 0 Å². The van der Waals surface area contributed by atoms with Crippen molar-refractivity contribution in [3.05, 3.63) is 27.7 Å². The normalized spacial score (nSPS) is 10.3. The summed E-state index contributed by atoms with van der Waals surface area (Å²) in [6, 6.07) is 3.86. The summed E-state index contributed by atoms with van der Waals surface area (Å²) in [5.41, 5.74) is 1.96. The van der Waals surface area contributed by atoms with E-state index in [1.54, 1.807) is 0 Å². The van der Waals surface area contributed by atoms with Crippen LogP contribution in [0.25, 0.3) is 0 Å². The Morgan fingerprint density at radius 2 is 1.44 bits per heavy atom. The summed E-state index contributed by atoms with van der Waals surface area (Å²) in [6.07, 6.45) is 0. The first-order chi connectivity index (χ1) is 8.31. The molecule has 0 saturated heterocycles. The van der Waals surface area contributed by atoms with Gasteiger partial charge in [-0.15, -0.1) is 0 Å². The van der Waals surface area contributed by atoms with Gasteiger partial charge in [0.2, 0.25) is 0 Å². The first-order valence-corrected chi connectivity index (χ1v) is 11.2. The summed E-state index contributed by atoms with van der Waals surface area (Å²) in [6.45, 7) is 6.50. The number of hydrogen-bond donors (Lipinski definition) is 0. The van der Waals surface area contributed by atoms with E-state index in [0.29, 0.717) is 0 Å². The molecule has 1 aromatic carbocycles. The molecule has 0 aliphatic carbocycles. The molecule has 4 nitrogen and oxygen atoms in total. The topological polar surface area (TPSA) is 52.6 Å². The first kappa shape index (κ1) is 15.6. The Morgan fingerprint density at radius 3 is 1.78 bits per heavy atom. The third-order valence-corrected chi connectivity index (χ3v) is 11.0. The fourth-order valence-electron chi connectivity index (χ4n) is 1.62. The van der Waals surface area contributed by atoms with Crippen molar-refractivity contribution < 1.29 is 15.0 Å². The van der Waals surface area contributed by atoms with E-state index in [-0.39, 0.29) is 0 Å². The Bertz CT molecular complexity index is 448. The molecule has 0 saturated carbocycles. The molecular formula is C12H14BrO4Pb. The predicted molar refractivity (Wildman–Crippen MR) is 72.5 cm³/mol. The summed E-state index contributed by atoms with van der Waals surface area (Å²) in [5.74, 6) is -0.805. The van der Waals surface area contributed by atoms with Gasteiger partial charge in [-0.05, 0) is 0 Å². The van der Waals surface area contributed by atoms with Gasteiger partial charge in [0.25, 0.3) is 0 Å². The molecule has 6 heteroatoms. The van der Waals surface area contributed by atoms with Crippen LogP contribution in [0.5, 0.6) is 0 Å². The van der Waals surface area contributed by atoms with Crippen LogP contribution >= 0.6 is 15.9 Å². The molecule has 97 valence electrons. The first-order valence-electron chi connectivity index (χ1n) is 5.32. The molecule has 0 amide bonds. The van der Waals surface area contributed by atoms with E-state index in [4.69, 9.17) is 5.37 Å². The summed E-state index contributed by atoms with van der Waals surface area (Å²) >= 11 is 0.0606. The van der Waals surface area contributed by atoms with Crippen LogP contribution in [0.2, 0.25) is 0 Å². The van der Waals surface area contributed by atoms with Gasteiger partial charge in [-0.3, -0.25) is 0 Å². The molecule has 1 rings (SSSR count). The van der Waals surface area contributed by atoms with Crippen molar-refractivity contribution in [2.75, 3.05) is 0 Å². The summed E-state index contributed by atoms with van der Waals surface area (Å²) in [7, 11) is 0. The molecule has 0 unspecified atom stereocenters. The zero-order valence-corrected chi connectivity index (χ0v) is 16.1. The van der Waals surface area contributed by atoms with Crippen LogP contribution in [-0.4, -0.2) is 35.5 Å². The molecule has 0 aliphatic rings. The van der Waals surface area contributed by atoms with Gasteiger partial charge in [-0.2, -0.15) is 0 Å². The van der Waals surface area contributed by atoms with Gasteiger partial charge in [0.15, 0.2) is 0 Å². The number of hydrogen-bond acceptors (Lipinski definition) is 4. The molecule has 0 aliphatic heterocycles. The molecule has 0 heterocycles. The van der Waals surface area contributed by atoms with Gasteiger partial charge in [0.1, 0.15) is 0 Å². The molecule has 1 aromatic rings. The maximum absolute atomic E-state index is 11.1. The van der Waals surface area contributed by atoms with E-state index in [1.165, 1.54) is 13.8 Å². The molecular weight excluding hydrogens is 495 g/mol. The van der Waals surface area contributed by atoms with E-state index >= 15 is 0 Å². The number of rotatable bonds is 3. The third-order valence-electron chi connectivity index (χ3n) is 2.17. The van der Waals surface area contributed by atoms with Crippen molar-refractivity contribution in [3.63, 3.8) is 0 Å². The minimum absolute atomic E-state index is 0.403. The van der Waals surface area contributed by atoms with Gasteiger partial charge in [-0.1, -0.05) is 0 Å². The van der Waals surface area contributed by atoms with Crippen LogP contribution in [-0.2, 0) is 15.0 Å². The van der Waals surface area contributed by atoms with Crippen LogP contribution < -0.4 is 3.12 Å². The van der Waals surface area contributed by atoms with Crippen molar-refractivity contribution in [1.29, 1.82) is 0 Å². The van der Waals surface area contributed by atoms with Gasteiger partial charge in [0.05, 0.1) is 0 Å². The second kappa shape index (κ2) is 6.65. The Balaban J connectivity index is 3.19. The molecule has 0 spiro atoms. The van der Waals surface area contributed by atoms with Gasteiger partial charge >= 0.3 is 125 Å². The van der Waals surface area contributed by atoms with Crippen LogP contribution in [0.15, 0.2) is 16.6 Å². The number of aryl methyl sites for hydroxylation is 2. The van der Waals surface area contributed by atoms with E-state index in [0.717, 1.165) is 18.7 Å². The molecule has 1 radical (unpaired) electrons. The number of carbonyl (C=O) groups excluding carboxylic acids is 2. The second-order valence-corrected chi connectivity index (χ2v) is 10.6. The summed E-state index contributed by atoms with van der Waals surface area (Å²) < 4.78 is 12.4. The molecule has 0 fully saturated rings. The average Bonchev–Trinajstić information content (AvgIpc) is 2.12. The van der Waals surface area contributed by atoms with Crippen molar-refractivity contribution in [2.45, 2.75) is 27.7 Å². The van der Waals surface area contributed by atoms with Crippen LogP contribution in [0.3, 0.4) is 0 Å². The van der Waals surface area contributed by atoms with Crippen LogP contribution in [0.4, 0.5) is 0 Å². The Kier molecular flexibility index (Phi) is 5.77. The third kappa shape index (κ3) is 4.34. The zero-order valence-electron chi connectivity index (χ0n) is 10.7. The van der Waals surface area contributed by atoms with Gasteiger partial charge in [0, 0.05) is 0 Å². The van der Waals surface area contributed by atoms with Crippen LogP contribution in [0.1, 0.15) is 25.0 Å². The number of benzene rings is 1. The SMILES string of the molecule is CC(=O)[O][Pb]([O]C(C)=O)[c]1c(C)cc(Br)cc1C. The second-order valence-electron chi connectivity index (χ2n) is 3.89. The zero-order chi connectivity index (χ0) is 13.9.